The highest BCUT2D eigenvalue weighted by atomic mass is 19.3. The molecule has 1 amide bonds. The monoisotopic (exact) mass is 151 g/mol. The van der Waals surface area contributed by atoms with E-state index in [0.717, 1.165) is 0 Å². The molecule has 2 nitrogen and oxygen atoms in total. The van der Waals surface area contributed by atoms with E-state index in [9.17, 15) is 13.6 Å². The van der Waals surface area contributed by atoms with E-state index in [-0.39, 0.29) is 5.91 Å². The summed E-state index contributed by atoms with van der Waals surface area (Å²) in [5, 5.41) is 2.09. The number of alkyl halides is 2. The molecule has 0 saturated carbocycles. The van der Waals surface area contributed by atoms with Gasteiger partial charge in [0, 0.05) is 6.42 Å². The minimum Gasteiger partial charge on any atom is -0.350 e. The zero-order valence-electron chi connectivity index (χ0n) is 5.86. The van der Waals surface area contributed by atoms with Crippen LogP contribution in [0.25, 0.3) is 0 Å². The van der Waals surface area contributed by atoms with Crippen LogP contribution in [0, 0.1) is 0 Å². The number of hydrogen-bond acceptors (Lipinski definition) is 1. The molecule has 0 atom stereocenters. The number of hydrogen-bond donors (Lipinski definition) is 1. The molecule has 1 N–H and O–H groups in total. The Labute approximate surface area is 58.6 Å². The maximum Gasteiger partial charge on any atom is 0.255 e. The van der Waals surface area contributed by atoms with Gasteiger partial charge in [-0.1, -0.05) is 6.92 Å². The maximum absolute atomic E-state index is 11.4. The molecule has 0 heterocycles. The van der Waals surface area contributed by atoms with Gasteiger partial charge in [-0.05, 0) is 6.42 Å². The normalized spacial score (nSPS) is 10.0. The third-order valence-corrected chi connectivity index (χ3v) is 0.931. The van der Waals surface area contributed by atoms with Crippen LogP contribution in [-0.4, -0.2) is 18.9 Å². The fraction of sp³-hybridized carbons (Fsp3) is 0.833. The van der Waals surface area contributed by atoms with Gasteiger partial charge in [-0.15, -0.1) is 0 Å². The number of rotatable bonds is 4. The Hall–Kier alpha value is -0.670. The lowest BCUT2D eigenvalue weighted by Crippen LogP contribution is -2.27. The Morgan fingerprint density at radius 1 is 1.60 bits per heavy atom. The van der Waals surface area contributed by atoms with Crippen LogP contribution in [-0.2, 0) is 4.79 Å². The summed E-state index contributed by atoms with van der Waals surface area (Å²) in [7, 11) is 0. The SMILES string of the molecule is CCCC(=O)NCC(F)F. The molecule has 0 aromatic heterocycles. The topological polar surface area (TPSA) is 29.1 Å². The highest BCUT2D eigenvalue weighted by Crippen LogP contribution is 1.90. The first-order chi connectivity index (χ1) is 4.66. The Morgan fingerprint density at radius 3 is 2.60 bits per heavy atom. The van der Waals surface area contributed by atoms with E-state index in [2.05, 4.69) is 5.32 Å². The first-order valence-electron chi connectivity index (χ1n) is 3.21. The fourth-order valence-electron chi connectivity index (χ4n) is 0.506. The van der Waals surface area contributed by atoms with Crippen molar-refractivity contribution in [3.63, 3.8) is 0 Å². The molecular weight excluding hydrogens is 140 g/mol. The molecular formula is C6H11F2NO. The molecule has 0 fully saturated rings. The summed E-state index contributed by atoms with van der Waals surface area (Å²) in [6.07, 6.45) is -1.43. The second-order valence-corrected chi connectivity index (χ2v) is 1.95. The third kappa shape index (κ3) is 5.47. The van der Waals surface area contributed by atoms with Crippen LogP contribution in [0.3, 0.4) is 0 Å². The van der Waals surface area contributed by atoms with E-state index in [0.29, 0.717) is 12.8 Å². The van der Waals surface area contributed by atoms with Gasteiger partial charge in [0.25, 0.3) is 6.43 Å². The average Bonchev–Trinajstić information content (AvgIpc) is 1.85. The molecule has 0 radical (unpaired) electrons. The van der Waals surface area contributed by atoms with Crippen molar-refractivity contribution in [1.29, 1.82) is 0 Å². The number of nitrogens with one attached hydrogen (secondary N) is 1. The Morgan fingerprint density at radius 2 is 2.20 bits per heavy atom. The Balaban J connectivity index is 3.22. The molecule has 0 aliphatic heterocycles. The first-order valence-corrected chi connectivity index (χ1v) is 3.21. The van der Waals surface area contributed by atoms with Crippen LogP contribution in [0.15, 0.2) is 0 Å². The lowest BCUT2D eigenvalue weighted by atomic mass is 10.3. The van der Waals surface area contributed by atoms with Crippen LogP contribution in [0.4, 0.5) is 8.78 Å². The largest absolute Gasteiger partial charge is 0.350 e. The van der Waals surface area contributed by atoms with Gasteiger partial charge in [-0.3, -0.25) is 4.79 Å². The molecule has 0 spiro atoms. The van der Waals surface area contributed by atoms with Gasteiger partial charge in [-0.25, -0.2) is 8.78 Å². The van der Waals surface area contributed by atoms with Crippen molar-refractivity contribution in [2.45, 2.75) is 26.2 Å². The number of amides is 1. The fourth-order valence-corrected chi connectivity index (χ4v) is 0.506. The standard InChI is InChI=1S/C6H11F2NO/c1-2-3-6(10)9-4-5(7)8/h5H,2-4H2,1H3,(H,9,10). The molecule has 0 rings (SSSR count). The van der Waals surface area contributed by atoms with Crippen molar-refractivity contribution < 1.29 is 13.6 Å². The number of halogens is 2. The molecule has 10 heavy (non-hydrogen) atoms. The smallest absolute Gasteiger partial charge is 0.255 e. The maximum atomic E-state index is 11.4. The van der Waals surface area contributed by atoms with E-state index >= 15 is 0 Å². The lowest BCUT2D eigenvalue weighted by molar-refractivity contribution is -0.121. The summed E-state index contributed by atoms with van der Waals surface area (Å²) < 4.78 is 22.8. The molecule has 0 aliphatic rings. The summed E-state index contributed by atoms with van der Waals surface area (Å²) in [4.78, 5) is 10.5. The Kier molecular flexibility index (Phi) is 4.80. The summed E-state index contributed by atoms with van der Waals surface area (Å²) in [5.41, 5.74) is 0. The molecule has 4 heteroatoms. The number of carbonyl (C=O) groups is 1. The van der Waals surface area contributed by atoms with Crippen LogP contribution in [0.2, 0.25) is 0 Å². The second-order valence-electron chi connectivity index (χ2n) is 1.95. The van der Waals surface area contributed by atoms with Crippen LogP contribution >= 0.6 is 0 Å². The van der Waals surface area contributed by atoms with E-state index < -0.39 is 13.0 Å². The van der Waals surface area contributed by atoms with Crippen molar-refractivity contribution in [3.8, 4) is 0 Å². The zero-order chi connectivity index (χ0) is 7.98. The highest BCUT2D eigenvalue weighted by Gasteiger charge is 2.03. The number of carbonyl (C=O) groups excluding carboxylic acids is 1. The van der Waals surface area contributed by atoms with E-state index in [1.807, 2.05) is 6.92 Å². The van der Waals surface area contributed by atoms with Crippen molar-refractivity contribution in [2.24, 2.45) is 0 Å². The van der Waals surface area contributed by atoms with Crippen molar-refractivity contribution in [2.75, 3.05) is 6.54 Å². The summed E-state index contributed by atoms with van der Waals surface area (Å²) in [6, 6.07) is 0. The van der Waals surface area contributed by atoms with Gasteiger partial charge in [0.15, 0.2) is 0 Å². The van der Waals surface area contributed by atoms with Gasteiger partial charge in [0.05, 0.1) is 6.54 Å². The van der Waals surface area contributed by atoms with Gasteiger partial charge >= 0.3 is 0 Å². The van der Waals surface area contributed by atoms with Gasteiger partial charge in [0.1, 0.15) is 0 Å². The molecule has 0 aromatic carbocycles. The van der Waals surface area contributed by atoms with Crippen molar-refractivity contribution in [1.82, 2.24) is 5.32 Å². The minimum absolute atomic E-state index is 0.303. The van der Waals surface area contributed by atoms with E-state index in [4.69, 9.17) is 0 Å². The third-order valence-electron chi connectivity index (χ3n) is 0.931. The summed E-state index contributed by atoms with van der Waals surface area (Å²) in [6.45, 7) is 1.29. The molecule has 0 saturated heterocycles. The summed E-state index contributed by atoms with van der Waals surface area (Å²) in [5.74, 6) is -0.303. The molecule has 0 aliphatic carbocycles. The average molecular weight is 151 g/mol. The molecule has 0 aromatic rings. The molecule has 0 unspecified atom stereocenters. The summed E-state index contributed by atoms with van der Waals surface area (Å²) >= 11 is 0. The second kappa shape index (κ2) is 5.14. The quantitative estimate of drug-likeness (QED) is 0.642. The first kappa shape index (κ1) is 9.33. The van der Waals surface area contributed by atoms with Crippen LogP contribution < -0.4 is 5.32 Å². The van der Waals surface area contributed by atoms with E-state index in [1.165, 1.54) is 0 Å². The molecule has 60 valence electrons. The van der Waals surface area contributed by atoms with Crippen molar-refractivity contribution in [3.05, 3.63) is 0 Å². The Bertz CT molecular complexity index is 106. The molecule has 0 bridgehead atoms. The van der Waals surface area contributed by atoms with Gasteiger partial charge in [0.2, 0.25) is 5.91 Å². The van der Waals surface area contributed by atoms with Gasteiger partial charge < -0.3 is 5.32 Å². The van der Waals surface area contributed by atoms with Crippen LogP contribution in [0.5, 0.6) is 0 Å². The highest BCUT2D eigenvalue weighted by molar-refractivity contribution is 5.75. The minimum atomic E-state index is -2.44. The lowest BCUT2D eigenvalue weighted by Gasteiger charge is -2.01. The van der Waals surface area contributed by atoms with Gasteiger partial charge in [-0.2, -0.15) is 0 Å². The van der Waals surface area contributed by atoms with Crippen LogP contribution in [0.1, 0.15) is 19.8 Å². The predicted molar refractivity (Wildman–Crippen MR) is 33.9 cm³/mol. The zero-order valence-corrected chi connectivity index (χ0v) is 5.86. The predicted octanol–water partition coefficient (Wildman–Crippen LogP) is 1.17. The van der Waals surface area contributed by atoms with Crippen molar-refractivity contribution >= 4 is 5.91 Å². The van der Waals surface area contributed by atoms with E-state index in [1.54, 1.807) is 0 Å².